The lowest BCUT2D eigenvalue weighted by molar-refractivity contribution is -0.00848. The van der Waals surface area contributed by atoms with Crippen LogP contribution in [-0.2, 0) is 23.0 Å². The first-order valence-electron chi connectivity index (χ1n) is 11.0. The van der Waals surface area contributed by atoms with Crippen molar-refractivity contribution in [1.29, 1.82) is 0 Å². The summed E-state index contributed by atoms with van der Waals surface area (Å²) in [6, 6.07) is 14.3. The van der Waals surface area contributed by atoms with Gasteiger partial charge in [0.05, 0.1) is 12.7 Å². The van der Waals surface area contributed by atoms with Gasteiger partial charge < -0.3 is 14.4 Å². The Hall–Kier alpha value is -2.59. The van der Waals surface area contributed by atoms with Gasteiger partial charge in [-0.3, -0.25) is 0 Å². The number of hydrogen-bond donors (Lipinski definition) is 0. The zero-order valence-corrected chi connectivity index (χ0v) is 17.6. The number of benzene rings is 2. The number of allylic oxidation sites excluding steroid dienone is 2. The molecule has 0 saturated carbocycles. The van der Waals surface area contributed by atoms with E-state index >= 15 is 0 Å². The van der Waals surface area contributed by atoms with Gasteiger partial charge in [0.1, 0.15) is 11.5 Å². The van der Waals surface area contributed by atoms with E-state index < -0.39 is 0 Å². The Balaban J connectivity index is 1.46. The maximum absolute atomic E-state index is 12.9. The van der Waals surface area contributed by atoms with Crippen LogP contribution in [0.15, 0.2) is 54.3 Å². The topological polar surface area (TPSA) is 38.8 Å². The van der Waals surface area contributed by atoms with E-state index in [1.165, 1.54) is 16.7 Å². The smallest absolute Gasteiger partial charge is 0.343 e. The summed E-state index contributed by atoms with van der Waals surface area (Å²) >= 11 is 0. The number of esters is 1. The molecule has 0 radical (unpaired) electrons. The van der Waals surface area contributed by atoms with Crippen LogP contribution in [0.1, 0.15) is 39.9 Å². The van der Waals surface area contributed by atoms with Gasteiger partial charge in [-0.1, -0.05) is 24.3 Å². The van der Waals surface area contributed by atoms with E-state index in [9.17, 15) is 4.79 Å². The summed E-state index contributed by atoms with van der Waals surface area (Å²) in [7, 11) is 4.04. The lowest BCUT2D eigenvalue weighted by atomic mass is 9.52. The van der Waals surface area contributed by atoms with Crippen molar-refractivity contribution in [1.82, 2.24) is 4.90 Å². The third-order valence-corrected chi connectivity index (χ3v) is 8.21. The van der Waals surface area contributed by atoms with Crippen LogP contribution < -0.4 is 4.74 Å². The fraction of sp³-hybridized carbons (Fsp3) is 0.423. The van der Waals surface area contributed by atoms with Crippen LogP contribution in [0.2, 0.25) is 0 Å². The summed E-state index contributed by atoms with van der Waals surface area (Å²) in [5.41, 5.74) is 5.00. The maximum Gasteiger partial charge on any atom is 0.343 e. The Bertz CT molecular complexity index is 1060. The van der Waals surface area contributed by atoms with Crippen LogP contribution in [0, 0.1) is 11.8 Å². The van der Waals surface area contributed by atoms with E-state index in [1.54, 1.807) is 7.11 Å². The second-order valence-electron chi connectivity index (χ2n) is 9.28. The second-order valence-corrected chi connectivity index (χ2v) is 9.28. The molecule has 0 amide bonds. The SMILES string of the molecule is COc1ccc2c3c1C[C@@H]1C(OC(=O)c4ccccc4)=CCC4C(C2)N(C)CCC341. The molecule has 4 aliphatic rings. The van der Waals surface area contributed by atoms with E-state index in [1.807, 2.05) is 30.3 Å². The normalized spacial score (nSPS) is 31.0. The predicted octanol–water partition coefficient (Wildman–Crippen LogP) is 4.13. The number of ether oxygens (including phenoxy) is 2. The fourth-order valence-corrected chi connectivity index (χ4v) is 6.97. The average molecular weight is 402 g/mol. The highest BCUT2D eigenvalue weighted by molar-refractivity contribution is 5.90. The van der Waals surface area contributed by atoms with Crippen LogP contribution >= 0.6 is 0 Å². The standard InChI is InChI=1S/C26H27NO3/c1-27-13-12-26-19-9-11-23(30-25(28)16-6-4-3-5-7-16)20(26)15-18-22(29-2)10-8-17(24(18)26)14-21(19)27/h3-8,10-11,19-21H,9,12-15H2,1-2H3/t19?,20-,21?,26?/m1/s1. The molecule has 4 nitrogen and oxygen atoms in total. The molecule has 1 heterocycles. The molecular formula is C26H27NO3. The van der Waals surface area contributed by atoms with Gasteiger partial charge in [-0.05, 0) is 86.2 Å². The summed E-state index contributed by atoms with van der Waals surface area (Å²) in [6.45, 7) is 1.09. The van der Waals surface area contributed by atoms with Gasteiger partial charge >= 0.3 is 5.97 Å². The molecular weight excluding hydrogens is 374 g/mol. The van der Waals surface area contributed by atoms with Crippen molar-refractivity contribution < 1.29 is 14.3 Å². The predicted molar refractivity (Wildman–Crippen MR) is 115 cm³/mol. The molecule has 1 aliphatic heterocycles. The van der Waals surface area contributed by atoms with Gasteiger partial charge in [0, 0.05) is 17.4 Å². The number of carbonyl (C=O) groups is 1. The van der Waals surface area contributed by atoms with E-state index in [-0.39, 0.29) is 17.3 Å². The quantitative estimate of drug-likeness (QED) is 0.725. The van der Waals surface area contributed by atoms with E-state index in [0.717, 1.165) is 43.7 Å². The molecule has 3 aliphatic carbocycles. The molecule has 3 unspecified atom stereocenters. The van der Waals surface area contributed by atoms with Gasteiger partial charge in [0.15, 0.2) is 0 Å². The van der Waals surface area contributed by atoms with Crippen LogP contribution in [0.5, 0.6) is 5.75 Å². The van der Waals surface area contributed by atoms with E-state index in [4.69, 9.17) is 9.47 Å². The van der Waals surface area contributed by atoms with Crippen LogP contribution in [0.25, 0.3) is 0 Å². The summed E-state index contributed by atoms with van der Waals surface area (Å²) in [5, 5.41) is 0. The number of carbonyl (C=O) groups excluding carboxylic acids is 1. The van der Waals surface area contributed by atoms with Gasteiger partial charge in [-0.2, -0.15) is 0 Å². The van der Waals surface area contributed by atoms with Crippen molar-refractivity contribution >= 4 is 5.97 Å². The van der Waals surface area contributed by atoms with Crippen molar-refractivity contribution in [3.8, 4) is 5.75 Å². The number of hydrogen-bond acceptors (Lipinski definition) is 4. The maximum atomic E-state index is 12.9. The van der Waals surface area contributed by atoms with Crippen LogP contribution in [0.3, 0.4) is 0 Å². The summed E-state index contributed by atoms with van der Waals surface area (Å²) in [4.78, 5) is 15.4. The minimum absolute atomic E-state index is 0.0652. The van der Waals surface area contributed by atoms with Crippen LogP contribution in [-0.4, -0.2) is 37.6 Å². The molecule has 6 rings (SSSR count). The number of rotatable bonds is 3. The highest BCUT2D eigenvalue weighted by Crippen LogP contribution is 2.64. The molecule has 4 atom stereocenters. The average Bonchev–Trinajstić information content (AvgIpc) is 3.13. The number of piperidine rings is 1. The van der Waals surface area contributed by atoms with Crippen LogP contribution in [0.4, 0.5) is 0 Å². The molecule has 2 aromatic rings. The molecule has 1 saturated heterocycles. The Labute approximate surface area is 177 Å². The lowest BCUT2D eigenvalue weighted by Crippen LogP contribution is -2.61. The molecule has 30 heavy (non-hydrogen) atoms. The van der Waals surface area contributed by atoms with Crippen molar-refractivity contribution in [2.75, 3.05) is 20.7 Å². The summed E-state index contributed by atoms with van der Waals surface area (Å²) < 4.78 is 11.9. The minimum Gasteiger partial charge on any atom is -0.496 e. The van der Waals surface area contributed by atoms with Crippen molar-refractivity contribution in [2.24, 2.45) is 11.8 Å². The second kappa shape index (κ2) is 6.45. The summed E-state index contributed by atoms with van der Waals surface area (Å²) in [5.74, 6) is 2.39. The zero-order valence-electron chi connectivity index (χ0n) is 17.6. The molecule has 4 heteroatoms. The largest absolute Gasteiger partial charge is 0.496 e. The fourth-order valence-electron chi connectivity index (χ4n) is 6.97. The Kier molecular flexibility index (Phi) is 3.91. The number of likely N-dealkylation sites (N-methyl/N-ethyl adjacent to an activating group) is 1. The molecule has 2 aromatic carbocycles. The molecule has 0 aromatic heterocycles. The third kappa shape index (κ3) is 2.28. The highest BCUT2D eigenvalue weighted by atomic mass is 16.5. The van der Waals surface area contributed by atoms with Gasteiger partial charge in [-0.25, -0.2) is 4.79 Å². The first-order valence-corrected chi connectivity index (χ1v) is 11.0. The highest BCUT2D eigenvalue weighted by Gasteiger charge is 2.62. The lowest BCUT2D eigenvalue weighted by Gasteiger charge is -2.58. The molecule has 2 bridgehead atoms. The first-order chi connectivity index (χ1) is 14.6. The Morgan fingerprint density at radius 2 is 1.97 bits per heavy atom. The van der Waals surface area contributed by atoms with E-state index in [0.29, 0.717) is 17.5 Å². The molecule has 1 fully saturated rings. The first kappa shape index (κ1) is 18.2. The van der Waals surface area contributed by atoms with Gasteiger partial charge in [0.2, 0.25) is 0 Å². The number of methoxy groups -OCH3 is 1. The molecule has 154 valence electrons. The Morgan fingerprint density at radius 1 is 1.13 bits per heavy atom. The zero-order chi connectivity index (χ0) is 20.5. The molecule has 1 spiro atoms. The number of likely N-dealkylation sites (tertiary alicyclic amines) is 1. The number of nitrogens with zero attached hydrogens (tertiary/aromatic N) is 1. The van der Waals surface area contributed by atoms with Gasteiger partial charge in [0.25, 0.3) is 0 Å². The third-order valence-electron chi connectivity index (χ3n) is 8.21. The molecule has 0 N–H and O–H groups in total. The van der Waals surface area contributed by atoms with E-state index in [2.05, 4.69) is 30.2 Å². The summed E-state index contributed by atoms with van der Waals surface area (Å²) in [6.07, 6.45) is 6.30. The van der Waals surface area contributed by atoms with Crippen molar-refractivity contribution in [3.05, 3.63) is 76.6 Å². The minimum atomic E-state index is -0.250. The Morgan fingerprint density at radius 3 is 2.77 bits per heavy atom. The van der Waals surface area contributed by atoms with Crippen molar-refractivity contribution in [2.45, 2.75) is 37.1 Å². The van der Waals surface area contributed by atoms with Gasteiger partial charge in [-0.15, -0.1) is 0 Å². The monoisotopic (exact) mass is 401 g/mol. The van der Waals surface area contributed by atoms with Crippen molar-refractivity contribution in [3.63, 3.8) is 0 Å².